The van der Waals surface area contributed by atoms with E-state index in [1.807, 2.05) is 61.5 Å². The minimum absolute atomic E-state index is 0.0000968. The van der Waals surface area contributed by atoms with Crippen LogP contribution >= 0.6 is 11.8 Å². The third-order valence-electron chi connectivity index (χ3n) is 4.28. The average Bonchev–Trinajstić information content (AvgIpc) is 3.16. The number of aryl methyl sites for hydroxylation is 1. The number of thioether (sulfide) groups is 1. The molecule has 3 aromatic rings. The summed E-state index contributed by atoms with van der Waals surface area (Å²) in [6, 6.07) is 18.0. The second kappa shape index (κ2) is 9.55. The number of aromatic nitrogens is 2. The van der Waals surface area contributed by atoms with E-state index in [-0.39, 0.29) is 17.7 Å². The summed E-state index contributed by atoms with van der Waals surface area (Å²) < 4.78 is 5.67. The number of nitrogens with zero attached hydrogens (tertiary/aromatic N) is 2. The predicted octanol–water partition coefficient (Wildman–Crippen LogP) is 5.04. The molecule has 0 aliphatic carbocycles. The first kappa shape index (κ1) is 20.1. The second-order valence-electron chi connectivity index (χ2n) is 7.19. The molecule has 0 aliphatic rings. The highest BCUT2D eigenvalue weighted by Gasteiger charge is 2.17. The van der Waals surface area contributed by atoms with Gasteiger partial charge in [-0.3, -0.25) is 4.79 Å². The van der Waals surface area contributed by atoms with Crippen molar-refractivity contribution >= 4 is 17.7 Å². The quantitative estimate of drug-likeness (QED) is 0.541. The van der Waals surface area contributed by atoms with E-state index in [0.717, 1.165) is 17.5 Å². The molecule has 1 heterocycles. The number of carbonyl (C=O) groups excluding carboxylic acids is 1. The summed E-state index contributed by atoms with van der Waals surface area (Å²) in [5.41, 5.74) is 3.16. The largest absolute Gasteiger partial charge is 0.411 e. The van der Waals surface area contributed by atoms with Crippen molar-refractivity contribution in [3.8, 4) is 11.5 Å². The van der Waals surface area contributed by atoms with Crippen LogP contribution < -0.4 is 5.32 Å². The Hall–Kier alpha value is -2.60. The fraction of sp³-hybridized carbons (Fsp3) is 0.318. The van der Waals surface area contributed by atoms with E-state index in [4.69, 9.17) is 4.42 Å². The summed E-state index contributed by atoms with van der Waals surface area (Å²) in [7, 11) is 0. The maximum atomic E-state index is 12.5. The molecule has 1 N–H and O–H groups in total. The van der Waals surface area contributed by atoms with Gasteiger partial charge in [-0.2, -0.15) is 0 Å². The van der Waals surface area contributed by atoms with Crippen LogP contribution in [0.25, 0.3) is 11.5 Å². The molecule has 1 aromatic heterocycles. The highest BCUT2D eigenvalue weighted by Crippen LogP contribution is 2.24. The number of amides is 1. The molecule has 0 fully saturated rings. The molecule has 146 valence electrons. The number of hydrogen-bond acceptors (Lipinski definition) is 5. The van der Waals surface area contributed by atoms with Crippen LogP contribution in [-0.4, -0.2) is 21.9 Å². The molecule has 0 unspecified atom stereocenters. The number of carbonyl (C=O) groups is 1. The first-order valence-electron chi connectivity index (χ1n) is 9.39. The van der Waals surface area contributed by atoms with Crippen molar-refractivity contribution in [3.05, 3.63) is 65.7 Å². The minimum atomic E-state index is -0.0467. The van der Waals surface area contributed by atoms with Crippen LogP contribution in [0.2, 0.25) is 0 Å². The lowest BCUT2D eigenvalue weighted by molar-refractivity contribution is -0.119. The second-order valence-corrected chi connectivity index (χ2v) is 8.11. The maximum absolute atomic E-state index is 12.5. The van der Waals surface area contributed by atoms with Crippen LogP contribution in [0.15, 0.2) is 64.2 Å². The van der Waals surface area contributed by atoms with E-state index < -0.39 is 0 Å². The van der Waals surface area contributed by atoms with Gasteiger partial charge in [-0.05, 0) is 37.0 Å². The summed E-state index contributed by atoms with van der Waals surface area (Å²) in [6.07, 6.45) is 0.887. The average molecular weight is 396 g/mol. The van der Waals surface area contributed by atoms with Crippen LogP contribution in [0.3, 0.4) is 0 Å². The van der Waals surface area contributed by atoms with Crippen LogP contribution in [0, 0.1) is 12.8 Å². The predicted molar refractivity (Wildman–Crippen MR) is 112 cm³/mol. The Morgan fingerprint density at radius 2 is 1.79 bits per heavy atom. The zero-order chi connectivity index (χ0) is 19.9. The van der Waals surface area contributed by atoms with Gasteiger partial charge in [0.05, 0.1) is 11.8 Å². The topological polar surface area (TPSA) is 68.0 Å². The lowest BCUT2D eigenvalue weighted by atomic mass is 9.97. The number of nitrogens with one attached hydrogen (secondary N) is 1. The first-order valence-corrected chi connectivity index (χ1v) is 10.4. The molecule has 3 rings (SSSR count). The van der Waals surface area contributed by atoms with Crippen molar-refractivity contribution in [3.63, 3.8) is 0 Å². The van der Waals surface area contributed by atoms with Crippen LogP contribution in [0.5, 0.6) is 0 Å². The first-order chi connectivity index (χ1) is 13.5. The fourth-order valence-corrected chi connectivity index (χ4v) is 3.45. The van der Waals surface area contributed by atoms with Crippen LogP contribution in [0.1, 0.15) is 37.4 Å². The van der Waals surface area contributed by atoms with Gasteiger partial charge in [-0.15, -0.1) is 10.2 Å². The van der Waals surface area contributed by atoms with E-state index in [2.05, 4.69) is 29.4 Å². The SMILES string of the molecule is Cc1ccc(-c2nnc(SCC(=O)N[C@@H](CC(C)C)c3ccccc3)o2)cc1. The van der Waals surface area contributed by atoms with E-state index >= 15 is 0 Å². The van der Waals surface area contributed by atoms with Gasteiger partial charge in [0.25, 0.3) is 5.22 Å². The highest BCUT2D eigenvalue weighted by molar-refractivity contribution is 7.99. The summed E-state index contributed by atoms with van der Waals surface area (Å²) in [6.45, 7) is 6.34. The highest BCUT2D eigenvalue weighted by atomic mass is 32.2. The van der Waals surface area contributed by atoms with Gasteiger partial charge in [0.1, 0.15) is 0 Å². The molecule has 0 bridgehead atoms. The zero-order valence-corrected chi connectivity index (χ0v) is 17.2. The van der Waals surface area contributed by atoms with Crippen molar-refractivity contribution in [2.45, 2.75) is 38.5 Å². The molecule has 28 heavy (non-hydrogen) atoms. The molecule has 0 spiro atoms. The van der Waals surface area contributed by atoms with Crippen LogP contribution in [-0.2, 0) is 4.79 Å². The van der Waals surface area contributed by atoms with Crippen LogP contribution in [0.4, 0.5) is 0 Å². The standard InChI is InChI=1S/C22H25N3O2S/c1-15(2)13-19(17-7-5-4-6-8-17)23-20(26)14-28-22-25-24-21(27-22)18-11-9-16(3)10-12-18/h4-12,15,19H,13-14H2,1-3H3,(H,23,26)/t19-/m0/s1. The van der Waals surface area contributed by atoms with Gasteiger partial charge in [-0.1, -0.05) is 73.6 Å². The smallest absolute Gasteiger partial charge is 0.277 e. The molecule has 1 atom stereocenters. The van der Waals surface area contributed by atoms with Gasteiger partial charge in [0.2, 0.25) is 11.8 Å². The maximum Gasteiger partial charge on any atom is 0.277 e. The van der Waals surface area contributed by atoms with Crippen molar-refractivity contribution in [1.29, 1.82) is 0 Å². The van der Waals surface area contributed by atoms with Gasteiger partial charge < -0.3 is 9.73 Å². The third-order valence-corrected chi connectivity index (χ3v) is 5.09. The van der Waals surface area contributed by atoms with E-state index in [1.54, 1.807) is 0 Å². The molecule has 5 nitrogen and oxygen atoms in total. The molecule has 0 radical (unpaired) electrons. The number of benzene rings is 2. The Kier molecular flexibility index (Phi) is 6.87. The Bertz CT molecular complexity index is 892. The number of rotatable bonds is 8. The van der Waals surface area contributed by atoms with E-state index in [1.165, 1.54) is 17.3 Å². The minimum Gasteiger partial charge on any atom is -0.411 e. The summed E-state index contributed by atoms with van der Waals surface area (Å²) >= 11 is 1.25. The Balaban J connectivity index is 1.58. The molecule has 1 amide bonds. The van der Waals surface area contributed by atoms with Crippen molar-refractivity contribution in [1.82, 2.24) is 15.5 Å². The summed E-state index contributed by atoms with van der Waals surface area (Å²) in [5, 5.41) is 11.6. The summed E-state index contributed by atoms with van der Waals surface area (Å²) in [4.78, 5) is 12.5. The Labute approximate surface area is 170 Å². The van der Waals surface area contributed by atoms with E-state index in [9.17, 15) is 4.79 Å². The van der Waals surface area contributed by atoms with Gasteiger partial charge in [0.15, 0.2) is 0 Å². The fourth-order valence-electron chi connectivity index (χ4n) is 2.88. The normalized spacial score (nSPS) is 12.1. The monoisotopic (exact) mass is 395 g/mol. The zero-order valence-electron chi connectivity index (χ0n) is 16.4. The van der Waals surface area contributed by atoms with Gasteiger partial charge >= 0.3 is 0 Å². The molecule has 2 aromatic carbocycles. The summed E-state index contributed by atoms with van der Waals surface area (Å²) in [5.74, 6) is 1.13. The Morgan fingerprint density at radius 1 is 1.07 bits per heavy atom. The molecule has 6 heteroatoms. The lowest BCUT2D eigenvalue weighted by Crippen LogP contribution is -2.30. The van der Waals surface area contributed by atoms with Crippen molar-refractivity contribution in [2.75, 3.05) is 5.75 Å². The lowest BCUT2D eigenvalue weighted by Gasteiger charge is -2.21. The van der Waals surface area contributed by atoms with Crippen molar-refractivity contribution < 1.29 is 9.21 Å². The van der Waals surface area contributed by atoms with Gasteiger partial charge in [-0.25, -0.2) is 0 Å². The molecule has 0 saturated heterocycles. The number of hydrogen-bond donors (Lipinski definition) is 1. The van der Waals surface area contributed by atoms with Gasteiger partial charge in [0, 0.05) is 5.56 Å². The molecular formula is C22H25N3O2S. The third kappa shape index (κ3) is 5.70. The molecule has 0 aliphatic heterocycles. The molecule has 0 saturated carbocycles. The molecular weight excluding hydrogens is 370 g/mol. The van der Waals surface area contributed by atoms with Crippen molar-refractivity contribution in [2.24, 2.45) is 5.92 Å². The Morgan fingerprint density at radius 3 is 2.46 bits per heavy atom. The van der Waals surface area contributed by atoms with E-state index in [0.29, 0.717) is 17.0 Å².